The Kier molecular flexibility index (Phi) is 8.84. The van der Waals surface area contributed by atoms with E-state index in [2.05, 4.69) is 13.8 Å². The highest BCUT2D eigenvalue weighted by Crippen LogP contribution is 2.32. The minimum atomic E-state index is -0.625. The molecule has 0 fully saturated rings. The number of ether oxygens (including phenoxy) is 1. The van der Waals surface area contributed by atoms with Crippen molar-refractivity contribution >= 4 is 34.1 Å². The van der Waals surface area contributed by atoms with Crippen molar-refractivity contribution < 1.29 is 14.5 Å². The Labute approximate surface area is 237 Å². The van der Waals surface area contributed by atoms with Gasteiger partial charge in [-0.25, -0.2) is 4.98 Å². The minimum absolute atomic E-state index is 0.0165. The maximum absolute atomic E-state index is 14.1. The van der Waals surface area contributed by atoms with Crippen LogP contribution < -0.4 is 10.3 Å². The Bertz CT molecular complexity index is 1620. The third-order valence-corrected chi connectivity index (χ3v) is 7.10. The number of aromatic nitrogens is 2. The molecule has 0 N–H and O–H groups in total. The molecule has 0 bridgehead atoms. The first-order valence-electron chi connectivity index (χ1n) is 13.1. The molecule has 0 spiro atoms. The highest BCUT2D eigenvalue weighted by Gasteiger charge is 2.31. The summed E-state index contributed by atoms with van der Waals surface area (Å²) in [6.45, 7) is 6.39. The molecule has 1 amide bonds. The summed E-state index contributed by atoms with van der Waals surface area (Å²) in [7, 11) is 1.53. The Morgan fingerprint density at radius 2 is 1.82 bits per heavy atom. The lowest BCUT2D eigenvalue weighted by molar-refractivity contribution is -0.384. The number of carbonyl (C=O) groups excluding carboxylic acids is 1. The van der Waals surface area contributed by atoms with Gasteiger partial charge in [-0.05, 0) is 49.1 Å². The number of nitro groups is 1. The normalized spacial score (nSPS) is 11.9. The highest BCUT2D eigenvalue weighted by molar-refractivity contribution is 6.34. The summed E-state index contributed by atoms with van der Waals surface area (Å²) in [5, 5.41) is 11.7. The first-order valence-corrected chi connectivity index (χ1v) is 13.5. The first-order chi connectivity index (χ1) is 19.2. The van der Waals surface area contributed by atoms with Crippen LogP contribution in [0.4, 0.5) is 5.69 Å². The van der Waals surface area contributed by atoms with E-state index in [1.807, 2.05) is 25.1 Å². The number of benzene rings is 3. The molecule has 10 heteroatoms. The van der Waals surface area contributed by atoms with Crippen molar-refractivity contribution in [3.8, 4) is 11.4 Å². The summed E-state index contributed by atoms with van der Waals surface area (Å²) < 4.78 is 7.11. The van der Waals surface area contributed by atoms with Gasteiger partial charge in [0.05, 0.1) is 45.3 Å². The van der Waals surface area contributed by atoms with Gasteiger partial charge in [-0.2, -0.15) is 0 Å². The second-order valence-electron chi connectivity index (χ2n) is 9.83. The predicted octanol–water partition coefficient (Wildman–Crippen LogP) is 6.60. The Balaban J connectivity index is 1.96. The zero-order chi connectivity index (χ0) is 29.0. The number of non-ortho nitro benzene ring substituents is 1. The van der Waals surface area contributed by atoms with Crippen LogP contribution in [0, 0.1) is 16.0 Å². The van der Waals surface area contributed by atoms with Crippen molar-refractivity contribution in [2.45, 2.75) is 39.7 Å². The number of nitrogens with zero attached hydrogens (tertiary/aromatic N) is 4. The van der Waals surface area contributed by atoms with Gasteiger partial charge in [0.15, 0.2) is 0 Å². The van der Waals surface area contributed by atoms with Gasteiger partial charge in [0, 0.05) is 18.7 Å². The molecule has 0 aliphatic carbocycles. The molecule has 40 heavy (non-hydrogen) atoms. The van der Waals surface area contributed by atoms with E-state index in [-0.39, 0.29) is 27.8 Å². The number of fused-ring (bicyclic) bond motifs is 1. The largest absolute Gasteiger partial charge is 0.495 e. The Morgan fingerprint density at radius 1 is 1.12 bits per heavy atom. The molecule has 0 saturated carbocycles. The molecule has 4 rings (SSSR count). The van der Waals surface area contributed by atoms with E-state index in [1.165, 1.54) is 29.9 Å². The molecular formula is C30H31ClN4O5. The summed E-state index contributed by atoms with van der Waals surface area (Å²) >= 11 is 6.40. The van der Waals surface area contributed by atoms with E-state index in [0.29, 0.717) is 47.6 Å². The van der Waals surface area contributed by atoms with Crippen LogP contribution in [0.5, 0.6) is 5.75 Å². The molecular weight excluding hydrogens is 532 g/mol. The summed E-state index contributed by atoms with van der Waals surface area (Å²) in [4.78, 5) is 45.4. The molecule has 208 valence electrons. The zero-order valence-electron chi connectivity index (χ0n) is 22.8. The van der Waals surface area contributed by atoms with Gasteiger partial charge in [-0.1, -0.05) is 56.6 Å². The van der Waals surface area contributed by atoms with Crippen molar-refractivity contribution in [3.63, 3.8) is 0 Å². The molecule has 9 nitrogen and oxygen atoms in total. The number of hydrogen-bond acceptors (Lipinski definition) is 6. The number of nitro benzene ring substituents is 1. The van der Waals surface area contributed by atoms with Crippen molar-refractivity contribution in [2.24, 2.45) is 5.92 Å². The van der Waals surface area contributed by atoms with Crippen LogP contribution in [0.3, 0.4) is 0 Å². The fraction of sp³-hybridized carbons (Fsp3) is 0.300. The standard InChI is InChI=1S/C30H31ClN4O5/c1-5-25(33(17-16-19(2)3)29(36)21-15-14-20(35(38)39)18-23(21)31)28-32-24-11-7-6-10-22(24)30(37)34(28)26-12-8-9-13-27(26)40-4/h6-15,18-19,25H,5,16-17H2,1-4H3. The van der Waals surface area contributed by atoms with E-state index in [0.717, 1.165) is 0 Å². The fourth-order valence-corrected chi connectivity index (χ4v) is 4.96. The van der Waals surface area contributed by atoms with Gasteiger partial charge < -0.3 is 9.64 Å². The van der Waals surface area contributed by atoms with Crippen LogP contribution >= 0.6 is 11.6 Å². The van der Waals surface area contributed by atoms with Crippen molar-refractivity contribution in [2.75, 3.05) is 13.7 Å². The molecule has 0 aliphatic heterocycles. The molecule has 0 saturated heterocycles. The molecule has 1 unspecified atom stereocenters. The molecule has 1 heterocycles. The van der Waals surface area contributed by atoms with Crippen LogP contribution in [0.15, 0.2) is 71.5 Å². The van der Waals surface area contributed by atoms with Crippen molar-refractivity contribution in [3.05, 3.63) is 104 Å². The van der Waals surface area contributed by atoms with Crippen molar-refractivity contribution in [1.82, 2.24) is 14.5 Å². The first kappa shape index (κ1) is 28.8. The number of halogens is 1. The van der Waals surface area contributed by atoms with E-state index >= 15 is 0 Å². The number of methoxy groups -OCH3 is 1. The molecule has 0 aliphatic rings. The molecule has 1 atom stereocenters. The van der Waals surface area contributed by atoms with Gasteiger partial charge >= 0.3 is 0 Å². The molecule has 3 aromatic carbocycles. The Hall–Kier alpha value is -4.24. The second-order valence-corrected chi connectivity index (χ2v) is 10.2. The van der Waals surface area contributed by atoms with Gasteiger partial charge in [-0.15, -0.1) is 0 Å². The van der Waals surface area contributed by atoms with Crippen molar-refractivity contribution in [1.29, 1.82) is 0 Å². The quantitative estimate of drug-likeness (QED) is 0.159. The third kappa shape index (κ3) is 5.70. The fourth-order valence-electron chi connectivity index (χ4n) is 4.71. The number of hydrogen-bond donors (Lipinski definition) is 0. The number of rotatable bonds is 10. The van der Waals surface area contributed by atoms with Gasteiger partial charge in [0.1, 0.15) is 11.6 Å². The zero-order valence-corrected chi connectivity index (χ0v) is 23.6. The monoisotopic (exact) mass is 562 g/mol. The lowest BCUT2D eigenvalue weighted by Crippen LogP contribution is -2.39. The summed E-state index contributed by atoms with van der Waals surface area (Å²) in [5.74, 6) is 0.740. The van der Waals surface area contributed by atoms with E-state index in [1.54, 1.807) is 35.2 Å². The minimum Gasteiger partial charge on any atom is -0.495 e. The lowest BCUT2D eigenvalue weighted by atomic mass is 10.0. The average molecular weight is 563 g/mol. The van der Waals surface area contributed by atoms with Crippen LogP contribution in [0.25, 0.3) is 16.6 Å². The lowest BCUT2D eigenvalue weighted by Gasteiger charge is -2.33. The van der Waals surface area contributed by atoms with Crippen LogP contribution in [0.1, 0.15) is 55.8 Å². The van der Waals surface area contributed by atoms with E-state index < -0.39 is 16.9 Å². The smallest absolute Gasteiger partial charge is 0.270 e. The second kappa shape index (κ2) is 12.3. The van der Waals surface area contributed by atoms with E-state index in [9.17, 15) is 19.7 Å². The topological polar surface area (TPSA) is 108 Å². The third-order valence-electron chi connectivity index (χ3n) is 6.79. The number of para-hydroxylation sites is 3. The maximum atomic E-state index is 14.1. The molecule has 0 radical (unpaired) electrons. The number of carbonyl (C=O) groups is 1. The summed E-state index contributed by atoms with van der Waals surface area (Å²) in [5.41, 5.74) is 0.668. The van der Waals surface area contributed by atoms with Gasteiger partial charge in [0.2, 0.25) is 0 Å². The van der Waals surface area contributed by atoms with Crippen LogP contribution in [-0.2, 0) is 0 Å². The summed E-state index contributed by atoms with van der Waals surface area (Å²) in [6.07, 6.45) is 1.12. The predicted molar refractivity (Wildman–Crippen MR) is 156 cm³/mol. The highest BCUT2D eigenvalue weighted by atomic mass is 35.5. The average Bonchev–Trinajstić information content (AvgIpc) is 2.94. The van der Waals surface area contributed by atoms with Gasteiger partial charge in [-0.3, -0.25) is 24.3 Å². The van der Waals surface area contributed by atoms with Gasteiger partial charge in [0.25, 0.3) is 17.2 Å². The van der Waals surface area contributed by atoms with E-state index in [4.69, 9.17) is 21.3 Å². The van der Waals surface area contributed by atoms with Crippen LogP contribution in [-0.4, -0.2) is 38.9 Å². The molecule has 4 aromatic rings. The SMILES string of the molecule is CCC(c1nc2ccccc2c(=O)n1-c1ccccc1OC)N(CCC(C)C)C(=O)c1ccc([N+](=O)[O-])cc1Cl. The molecule has 1 aromatic heterocycles. The van der Waals surface area contributed by atoms with Crippen LogP contribution in [0.2, 0.25) is 5.02 Å². The maximum Gasteiger partial charge on any atom is 0.270 e. The summed E-state index contributed by atoms with van der Waals surface area (Å²) in [6, 6.07) is 17.4. The Morgan fingerprint density at radius 3 is 2.48 bits per heavy atom. The number of amides is 1.